The van der Waals surface area contributed by atoms with Gasteiger partial charge in [-0.15, -0.1) is 0 Å². The number of halogens is 3. The number of carbonyl (C=O) groups excluding carboxylic acids is 1. The Hall–Kier alpha value is -4.66. The number of hydrogen-bond donors (Lipinski definition) is 1. The Morgan fingerprint density at radius 1 is 0.976 bits per heavy atom. The molecule has 6 nitrogen and oxygen atoms in total. The first kappa shape index (κ1) is 26.6. The van der Waals surface area contributed by atoms with Gasteiger partial charge in [-0.25, -0.2) is 0 Å². The van der Waals surface area contributed by atoms with Crippen LogP contribution < -0.4 is 10.1 Å². The zero-order valence-electron chi connectivity index (χ0n) is 22.2. The van der Waals surface area contributed by atoms with E-state index in [0.717, 1.165) is 51.7 Å². The maximum atomic E-state index is 13.6. The molecule has 0 spiro atoms. The van der Waals surface area contributed by atoms with Crippen molar-refractivity contribution in [2.45, 2.75) is 38.9 Å². The van der Waals surface area contributed by atoms with E-state index in [1.165, 1.54) is 12.1 Å². The van der Waals surface area contributed by atoms with Gasteiger partial charge in [0, 0.05) is 35.4 Å². The molecule has 1 N–H and O–H groups in total. The molecule has 0 fully saturated rings. The van der Waals surface area contributed by atoms with E-state index in [-0.39, 0.29) is 16.9 Å². The number of nitrogens with one attached hydrogen (secondary N) is 1. The van der Waals surface area contributed by atoms with Crippen LogP contribution in [0.2, 0.25) is 0 Å². The molecule has 0 radical (unpaired) electrons. The molecular weight excluding hydrogens is 533 g/mol. The number of nitrogens with zero attached hydrogens (tertiary/aromatic N) is 1. The quantitative estimate of drug-likeness (QED) is 0.200. The summed E-state index contributed by atoms with van der Waals surface area (Å²) < 4.78 is 46.4. The number of anilines is 1. The van der Waals surface area contributed by atoms with Gasteiger partial charge in [-0.2, -0.15) is 13.2 Å². The molecule has 1 heterocycles. The predicted octanol–water partition coefficient (Wildman–Crippen LogP) is 8.87. The Labute approximate surface area is 233 Å². The lowest BCUT2D eigenvalue weighted by atomic mass is 9.68. The first-order valence-corrected chi connectivity index (χ1v) is 13.1. The number of alkyl halides is 3. The molecule has 0 unspecified atom stereocenters. The third-order valence-electron chi connectivity index (χ3n) is 7.66. The number of nitro groups is 1. The maximum absolute atomic E-state index is 13.6. The molecule has 0 saturated heterocycles. The number of carbonyl (C=O) groups is 1. The van der Waals surface area contributed by atoms with Gasteiger partial charge >= 0.3 is 6.18 Å². The third kappa shape index (κ3) is 4.81. The molecule has 1 aliphatic heterocycles. The second-order valence-corrected chi connectivity index (χ2v) is 11.2. The van der Waals surface area contributed by atoms with Crippen molar-refractivity contribution in [3.05, 3.63) is 111 Å². The van der Waals surface area contributed by atoms with Gasteiger partial charge in [-0.3, -0.25) is 14.9 Å². The molecule has 4 aromatic rings. The average molecular weight is 559 g/mol. The van der Waals surface area contributed by atoms with Crippen LogP contribution in [0.3, 0.4) is 0 Å². The minimum absolute atomic E-state index is 0.0633. The van der Waals surface area contributed by atoms with Crippen molar-refractivity contribution >= 4 is 33.5 Å². The van der Waals surface area contributed by atoms with Crippen LogP contribution in [0.5, 0.6) is 11.5 Å². The van der Waals surface area contributed by atoms with Crippen molar-refractivity contribution in [1.29, 1.82) is 0 Å². The minimum Gasteiger partial charge on any atom is -0.457 e. The highest BCUT2D eigenvalue weighted by Crippen LogP contribution is 2.52. The van der Waals surface area contributed by atoms with Crippen molar-refractivity contribution in [1.82, 2.24) is 0 Å². The van der Waals surface area contributed by atoms with Crippen molar-refractivity contribution < 1.29 is 27.6 Å². The highest BCUT2D eigenvalue weighted by Gasteiger charge is 2.41. The Balaban J connectivity index is 1.39. The summed E-state index contributed by atoms with van der Waals surface area (Å²) in [6, 6.07) is 20.6. The van der Waals surface area contributed by atoms with Crippen LogP contribution in [-0.4, -0.2) is 10.7 Å². The van der Waals surface area contributed by atoms with Gasteiger partial charge in [0.15, 0.2) is 5.78 Å². The highest BCUT2D eigenvalue weighted by atomic mass is 19.4. The summed E-state index contributed by atoms with van der Waals surface area (Å²) in [5.41, 5.74) is 2.31. The number of ether oxygens (including phenoxy) is 1. The maximum Gasteiger partial charge on any atom is 0.420 e. The summed E-state index contributed by atoms with van der Waals surface area (Å²) in [5, 5.41) is 16.7. The second-order valence-electron chi connectivity index (χ2n) is 11.2. The number of hydrogen-bond acceptors (Lipinski definition) is 5. The van der Waals surface area contributed by atoms with Gasteiger partial charge in [0.1, 0.15) is 17.1 Å². The summed E-state index contributed by atoms with van der Waals surface area (Å²) in [7, 11) is 0. The third-order valence-corrected chi connectivity index (χ3v) is 7.66. The molecule has 9 heteroatoms. The van der Waals surface area contributed by atoms with Crippen molar-refractivity contribution in [2.75, 3.05) is 5.32 Å². The molecule has 0 aromatic heterocycles. The number of Topliss-reactive ketones (excluding diaryl/α,β-unsaturated/α-hetero) is 1. The van der Waals surface area contributed by atoms with Gasteiger partial charge in [0.25, 0.3) is 5.69 Å². The Morgan fingerprint density at radius 3 is 2.41 bits per heavy atom. The van der Waals surface area contributed by atoms with Gasteiger partial charge in [-0.05, 0) is 58.0 Å². The highest BCUT2D eigenvalue weighted by molar-refractivity contribution is 6.12. The second kappa shape index (κ2) is 9.47. The Bertz CT molecular complexity index is 1760. The van der Waals surface area contributed by atoms with Gasteiger partial charge in [0.2, 0.25) is 0 Å². The molecule has 41 heavy (non-hydrogen) atoms. The van der Waals surface area contributed by atoms with Crippen molar-refractivity contribution in [2.24, 2.45) is 5.41 Å². The molecule has 2 aliphatic rings. The number of ketones is 1. The lowest BCUT2D eigenvalue weighted by molar-refractivity contribution is -0.385. The van der Waals surface area contributed by atoms with E-state index in [9.17, 15) is 28.1 Å². The number of fused-ring (bicyclic) bond motifs is 4. The van der Waals surface area contributed by atoms with Crippen LogP contribution in [0.1, 0.15) is 49.4 Å². The normalized spacial score (nSPS) is 18.0. The number of rotatable bonds is 4. The summed E-state index contributed by atoms with van der Waals surface area (Å²) >= 11 is 0. The first-order chi connectivity index (χ1) is 19.4. The molecular formula is C32H25F3N2O4. The molecule has 1 atom stereocenters. The smallest absolute Gasteiger partial charge is 0.420 e. The van der Waals surface area contributed by atoms with E-state index in [1.807, 2.05) is 30.3 Å². The predicted molar refractivity (Wildman–Crippen MR) is 150 cm³/mol. The molecule has 0 amide bonds. The van der Waals surface area contributed by atoms with E-state index in [0.29, 0.717) is 18.1 Å². The van der Waals surface area contributed by atoms with Gasteiger partial charge < -0.3 is 10.1 Å². The fraction of sp³-hybridized carbons (Fsp3) is 0.219. The largest absolute Gasteiger partial charge is 0.457 e. The van der Waals surface area contributed by atoms with E-state index < -0.39 is 34.1 Å². The summed E-state index contributed by atoms with van der Waals surface area (Å²) in [5.74, 6) is -0.351. The summed E-state index contributed by atoms with van der Waals surface area (Å²) in [6.45, 7) is 4.19. The fourth-order valence-corrected chi connectivity index (χ4v) is 5.88. The van der Waals surface area contributed by atoms with E-state index in [4.69, 9.17) is 4.74 Å². The van der Waals surface area contributed by atoms with E-state index >= 15 is 0 Å². The molecule has 0 bridgehead atoms. The lowest BCUT2D eigenvalue weighted by Crippen LogP contribution is -2.33. The number of benzene rings is 4. The van der Waals surface area contributed by atoms with Crippen LogP contribution in [0.25, 0.3) is 16.3 Å². The molecule has 0 saturated carbocycles. The first-order valence-electron chi connectivity index (χ1n) is 13.1. The zero-order chi connectivity index (χ0) is 29.1. The molecule has 208 valence electrons. The van der Waals surface area contributed by atoms with E-state index in [2.05, 4.69) is 25.2 Å². The summed E-state index contributed by atoms with van der Waals surface area (Å²) in [4.78, 5) is 23.7. The van der Waals surface area contributed by atoms with Crippen LogP contribution >= 0.6 is 0 Å². The number of nitro benzene ring substituents is 1. The lowest BCUT2D eigenvalue weighted by Gasteiger charge is -2.40. The SMILES string of the molecule is CC1(C)CC(=O)C2=C(C1)c1c(ccc3ccccc13)N[C@@H]2c1ccc(Oc2ccc([N+](=O)[O-])cc2C(F)(F)F)cc1. The topological polar surface area (TPSA) is 81.5 Å². The summed E-state index contributed by atoms with van der Waals surface area (Å²) in [6.07, 6.45) is -3.70. The Morgan fingerprint density at radius 2 is 1.71 bits per heavy atom. The molecule has 6 rings (SSSR count). The average Bonchev–Trinajstić information content (AvgIpc) is 2.91. The Kier molecular flexibility index (Phi) is 6.13. The fourth-order valence-electron chi connectivity index (χ4n) is 5.88. The minimum atomic E-state index is -4.84. The molecule has 4 aromatic carbocycles. The van der Waals surface area contributed by atoms with E-state index in [1.54, 1.807) is 12.1 Å². The van der Waals surface area contributed by atoms with Crippen molar-refractivity contribution in [3.63, 3.8) is 0 Å². The standard InChI is InChI=1S/C32H25F3N2O4/c1-31(2)16-23-28-22-6-4-3-5-18(22)9-13-25(28)36-30(29(23)26(38)17-31)19-7-11-21(12-8-19)41-27-14-10-20(37(39)40)15-24(27)32(33,34)35/h3-15,30,36H,16-17H2,1-2H3/t30-/m1/s1. The van der Waals surface area contributed by atoms with Crippen LogP contribution in [0.15, 0.2) is 84.4 Å². The van der Waals surface area contributed by atoms with Crippen LogP contribution in [0, 0.1) is 15.5 Å². The zero-order valence-corrected chi connectivity index (χ0v) is 22.2. The molecule has 1 aliphatic carbocycles. The number of allylic oxidation sites excluding steroid dienone is 1. The van der Waals surface area contributed by atoms with Crippen LogP contribution in [0.4, 0.5) is 24.5 Å². The van der Waals surface area contributed by atoms with Gasteiger partial charge in [-0.1, -0.05) is 56.3 Å². The number of non-ortho nitro benzene ring substituents is 1. The van der Waals surface area contributed by atoms with Gasteiger partial charge in [0.05, 0.1) is 11.0 Å². The monoisotopic (exact) mass is 558 g/mol. The van der Waals surface area contributed by atoms with Crippen molar-refractivity contribution in [3.8, 4) is 11.5 Å². The van der Waals surface area contributed by atoms with Crippen LogP contribution in [-0.2, 0) is 11.0 Å².